The Bertz CT molecular complexity index is 306. The molecule has 0 spiro atoms. The zero-order chi connectivity index (χ0) is 10.1. The van der Waals surface area contributed by atoms with Crippen LogP contribution in [0.2, 0.25) is 5.15 Å². The van der Waals surface area contributed by atoms with E-state index in [4.69, 9.17) is 11.6 Å². The van der Waals surface area contributed by atoms with Gasteiger partial charge in [0.2, 0.25) is 0 Å². The van der Waals surface area contributed by atoms with Gasteiger partial charge in [-0.1, -0.05) is 18.5 Å². The van der Waals surface area contributed by atoms with Gasteiger partial charge < -0.3 is 10.0 Å². The number of aliphatic hydroxyl groups excluding tert-OH is 1. The van der Waals surface area contributed by atoms with Crippen LogP contribution in [-0.4, -0.2) is 34.5 Å². The van der Waals surface area contributed by atoms with Crippen LogP contribution < -0.4 is 4.90 Å². The highest BCUT2D eigenvalue weighted by atomic mass is 35.5. The van der Waals surface area contributed by atoms with Crippen LogP contribution in [0.25, 0.3) is 0 Å². The first-order valence-electron chi connectivity index (χ1n) is 4.59. The first-order valence-corrected chi connectivity index (χ1v) is 4.97. The third kappa shape index (κ3) is 1.81. The molecule has 14 heavy (non-hydrogen) atoms. The Hall–Kier alpha value is -0.870. The van der Waals surface area contributed by atoms with E-state index in [0.29, 0.717) is 11.7 Å². The van der Waals surface area contributed by atoms with Gasteiger partial charge in [0, 0.05) is 19.0 Å². The van der Waals surface area contributed by atoms with Gasteiger partial charge in [0.15, 0.2) is 11.0 Å². The van der Waals surface area contributed by atoms with Gasteiger partial charge in [-0.15, -0.1) is 10.2 Å². The summed E-state index contributed by atoms with van der Waals surface area (Å²) in [5, 5.41) is 17.7. The second-order valence-corrected chi connectivity index (χ2v) is 4.05. The lowest BCUT2D eigenvalue weighted by Gasteiger charge is -2.15. The van der Waals surface area contributed by atoms with Crippen molar-refractivity contribution in [3.05, 3.63) is 17.3 Å². The zero-order valence-electron chi connectivity index (χ0n) is 7.89. The molecule has 2 unspecified atom stereocenters. The first-order chi connectivity index (χ1) is 6.66. The van der Waals surface area contributed by atoms with Crippen LogP contribution in [0.4, 0.5) is 5.82 Å². The Morgan fingerprint density at radius 1 is 1.43 bits per heavy atom. The number of halogens is 1. The van der Waals surface area contributed by atoms with Crippen LogP contribution >= 0.6 is 11.6 Å². The highest BCUT2D eigenvalue weighted by Gasteiger charge is 2.28. The van der Waals surface area contributed by atoms with Crippen LogP contribution in [0.1, 0.15) is 6.92 Å². The SMILES string of the molecule is CC1CN(c2ccc(Cl)nn2)CC1O. The summed E-state index contributed by atoms with van der Waals surface area (Å²) in [5.74, 6) is 1.06. The second kappa shape index (κ2) is 3.71. The molecule has 1 aliphatic rings. The van der Waals surface area contributed by atoms with Crippen LogP contribution in [-0.2, 0) is 0 Å². The van der Waals surface area contributed by atoms with E-state index >= 15 is 0 Å². The fraction of sp³-hybridized carbons (Fsp3) is 0.556. The molecule has 1 N–H and O–H groups in total. The zero-order valence-corrected chi connectivity index (χ0v) is 8.65. The lowest BCUT2D eigenvalue weighted by atomic mass is 10.1. The van der Waals surface area contributed by atoms with Crippen molar-refractivity contribution < 1.29 is 5.11 Å². The fourth-order valence-corrected chi connectivity index (χ4v) is 1.72. The quantitative estimate of drug-likeness (QED) is 0.755. The van der Waals surface area contributed by atoms with Gasteiger partial charge in [-0.25, -0.2) is 0 Å². The monoisotopic (exact) mass is 213 g/mol. The molecule has 0 aliphatic carbocycles. The maximum atomic E-state index is 9.57. The molecular formula is C9H12ClN3O. The van der Waals surface area contributed by atoms with Gasteiger partial charge in [-0.2, -0.15) is 0 Å². The number of hydrogen-bond acceptors (Lipinski definition) is 4. The van der Waals surface area contributed by atoms with Crippen LogP contribution in [0.5, 0.6) is 0 Å². The van der Waals surface area contributed by atoms with Crippen molar-refractivity contribution in [3.8, 4) is 0 Å². The molecule has 2 atom stereocenters. The average Bonchev–Trinajstić information content (AvgIpc) is 2.48. The minimum atomic E-state index is -0.271. The fourth-order valence-electron chi connectivity index (χ4n) is 1.61. The molecule has 2 rings (SSSR count). The van der Waals surface area contributed by atoms with E-state index in [1.165, 1.54) is 0 Å². The molecule has 4 nitrogen and oxygen atoms in total. The molecule has 1 saturated heterocycles. The highest BCUT2D eigenvalue weighted by molar-refractivity contribution is 6.29. The molecule has 1 aromatic rings. The lowest BCUT2D eigenvalue weighted by molar-refractivity contribution is 0.157. The molecular weight excluding hydrogens is 202 g/mol. The molecule has 5 heteroatoms. The van der Waals surface area contributed by atoms with E-state index in [2.05, 4.69) is 10.2 Å². The summed E-state index contributed by atoms with van der Waals surface area (Å²) in [6, 6.07) is 3.53. The van der Waals surface area contributed by atoms with Gasteiger partial charge in [-0.3, -0.25) is 0 Å². The molecule has 0 amide bonds. The van der Waals surface area contributed by atoms with Gasteiger partial charge in [0.05, 0.1) is 6.10 Å². The van der Waals surface area contributed by atoms with Crippen molar-refractivity contribution in [2.24, 2.45) is 5.92 Å². The summed E-state index contributed by atoms with van der Waals surface area (Å²) in [5.41, 5.74) is 0. The van der Waals surface area contributed by atoms with Gasteiger partial charge in [0.1, 0.15) is 0 Å². The summed E-state index contributed by atoms with van der Waals surface area (Å²) < 4.78 is 0. The molecule has 1 aromatic heterocycles. The van der Waals surface area contributed by atoms with E-state index in [-0.39, 0.29) is 12.0 Å². The van der Waals surface area contributed by atoms with Crippen molar-refractivity contribution in [2.75, 3.05) is 18.0 Å². The number of rotatable bonds is 1. The Balaban J connectivity index is 2.13. The Morgan fingerprint density at radius 2 is 2.21 bits per heavy atom. The minimum absolute atomic E-state index is 0.271. The van der Waals surface area contributed by atoms with Gasteiger partial charge in [-0.05, 0) is 12.1 Å². The Labute approximate surface area is 87.5 Å². The number of hydrogen-bond donors (Lipinski definition) is 1. The number of anilines is 1. The van der Waals surface area contributed by atoms with E-state index in [9.17, 15) is 5.11 Å². The van der Waals surface area contributed by atoms with Crippen molar-refractivity contribution >= 4 is 17.4 Å². The molecule has 1 aliphatic heterocycles. The third-order valence-electron chi connectivity index (χ3n) is 2.51. The highest BCUT2D eigenvalue weighted by Crippen LogP contribution is 2.21. The molecule has 0 radical (unpaired) electrons. The third-order valence-corrected chi connectivity index (χ3v) is 2.72. The summed E-state index contributed by atoms with van der Waals surface area (Å²) >= 11 is 5.63. The average molecular weight is 214 g/mol. The van der Waals surface area contributed by atoms with Crippen LogP contribution in [0, 0.1) is 5.92 Å². The molecule has 0 bridgehead atoms. The first kappa shape index (κ1) is 9.68. The largest absolute Gasteiger partial charge is 0.391 e. The predicted octanol–water partition coefficient (Wildman–Crippen LogP) is 0.947. The smallest absolute Gasteiger partial charge is 0.151 e. The van der Waals surface area contributed by atoms with Crippen molar-refractivity contribution in [3.63, 3.8) is 0 Å². The summed E-state index contributed by atoms with van der Waals surface area (Å²) in [4.78, 5) is 2.01. The summed E-state index contributed by atoms with van der Waals surface area (Å²) in [7, 11) is 0. The molecule has 1 fully saturated rings. The van der Waals surface area contributed by atoms with E-state index in [0.717, 1.165) is 12.4 Å². The number of aromatic nitrogens is 2. The number of aliphatic hydroxyl groups is 1. The minimum Gasteiger partial charge on any atom is -0.391 e. The predicted molar refractivity (Wildman–Crippen MR) is 54.4 cm³/mol. The second-order valence-electron chi connectivity index (χ2n) is 3.66. The van der Waals surface area contributed by atoms with E-state index < -0.39 is 0 Å². The Morgan fingerprint density at radius 3 is 2.71 bits per heavy atom. The van der Waals surface area contributed by atoms with Crippen LogP contribution in [0.15, 0.2) is 12.1 Å². The standard InChI is InChI=1S/C9H12ClN3O/c1-6-4-13(5-7(6)14)9-3-2-8(10)11-12-9/h2-3,6-7,14H,4-5H2,1H3. The molecule has 0 saturated carbocycles. The van der Waals surface area contributed by atoms with E-state index in [1.54, 1.807) is 6.07 Å². The molecule has 0 aromatic carbocycles. The molecule has 76 valence electrons. The van der Waals surface area contributed by atoms with Crippen molar-refractivity contribution in [1.82, 2.24) is 10.2 Å². The normalized spacial score (nSPS) is 26.9. The van der Waals surface area contributed by atoms with E-state index in [1.807, 2.05) is 17.9 Å². The topological polar surface area (TPSA) is 49.2 Å². The molecule has 2 heterocycles. The Kier molecular flexibility index (Phi) is 2.56. The number of β-amino-alcohol motifs (C(OH)–C–C–N with tert-alkyl or cyclic N) is 1. The van der Waals surface area contributed by atoms with Gasteiger partial charge >= 0.3 is 0 Å². The number of nitrogens with zero attached hydrogens (tertiary/aromatic N) is 3. The lowest BCUT2D eigenvalue weighted by Crippen LogP contribution is -2.22. The van der Waals surface area contributed by atoms with Crippen LogP contribution in [0.3, 0.4) is 0 Å². The maximum absolute atomic E-state index is 9.57. The van der Waals surface area contributed by atoms with Crippen molar-refractivity contribution in [1.29, 1.82) is 0 Å². The van der Waals surface area contributed by atoms with Crippen molar-refractivity contribution in [2.45, 2.75) is 13.0 Å². The van der Waals surface area contributed by atoms with Gasteiger partial charge in [0.25, 0.3) is 0 Å². The summed E-state index contributed by atoms with van der Waals surface area (Å²) in [6.07, 6.45) is -0.271. The summed E-state index contributed by atoms with van der Waals surface area (Å²) in [6.45, 7) is 3.46. The maximum Gasteiger partial charge on any atom is 0.151 e.